The van der Waals surface area contributed by atoms with E-state index in [4.69, 9.17) is 38.6 Å². The van der Waals surface area contributed by atoms with E-state index >= 15 is 0 Å². The van der Waals surface area contributed by atoms with Crippen LogP contribution in [0.3, 0.4) is 0 Å². The van der Waals surface area contributed by atoms with Crippen LogP contribution in [0.25, 0.3) is 10.8 Å². The van der Waals surface area contributed by atoms with Gasteiger partial charge < -0.3 is 45.5 Å². The first-order valence-electron chi connectivity index (χ1n) is 13.5. The van der Waals surface area contributed by atoms with Crippen molar-refractivity contribution in [2.24, 2.45) is 10.9 Å². The van der Waals surface area contributed by atoms with Gasteiger partial charge in [0.05, 0.1) is 67.1 Å². The standard InChI is InChI=1S/C28H38N4O7S2/c1-18(34)31-26-24(14-19(16-33)27(35)28(26)36)39-13-12-38-11-10-37-9-8-29-15-25(41)32-23-7-6-22(30-17-40)20-4-2-3-5-21(20)23/h2-7,19,24,26-29,33,35-36H,8-16H2,1H3,(H,31,34)(H,32,41)/t19?,24-,26?,27?,28-/m1/s1. The van der Waals surface area contributed by atoms with Crippen molar-refractivity contribution in [1.82, 2.24) is 10.6 Å². The minimum Gasteiger partial charge on any atom is -0.396 e. The lowest BCUT2D eigenvalue weighted by Crippen LogP contribution is -2.61. The number of aliphatic imine (C=N–C) groups is 1. The highest BCUT2D eigenvalue weighted by atomic mass is 32.1. The molecule has 1 aliphatic carbocycles. The molecule has 1 fully saturated rings. The van der Waals surface area contributed by atoms with Crippen LogP contribution in [-0.2, 0) is 19.0 Å². The molecule has 11 nitrogen and oxygen atoms in total. The summed E-state index contributed by atoms with van der Waals surface area (Å²) in [6.45, 7) is 3.93. The summed E-state index contributed by atoms with van der Waals surface area (Å²) in [6, 6.07) is 10.9. The van der Waals surface area contributed by atoms with Gasteiger partial charge in [-0.1, -0.05) is 36.5 Å². The van der Waals surface area contributed by atoms with E-state index in [0.29, 0.717) is 50.9 Å². The Kier molecular flexibility index (Phi) is 14.1. The summed E-state index contributed by atoms with van der Waals surface area (Å²) in [7, 11) is 0. The van der Waals surface area contributed by atoms with Crippen molar-refractivity contribution in [2.45, 2.75) is 37.7 Å². The van der Waals surface area contributed by atoms with Gasteiger partial charge >= 0.3 is 0 Å². The maximum Gasteiger partial charge on any atom is 0.217 e. The van der Waals surface area contributed by atoms with Crippen LogP contribution in [-0.4, -0.2) is 108 Å². The van der Waals surface area contributed by atoms with E-state index in [-0.39, 0.29) is 19.1 Å². The predicted octanol–water partition coefficient (Wildman–Crippen LogP) is 1.56. The fourth-order valence-corrected chi connectivity index (χ4v) is 5.03. The van der Waals surface area contributed by atoms with Crippen molar-refractivity contribution in [1.29, 1.82) is 0 Å². The summed E-state index contributed by atoms with van der Waals surface area (Å²) < 4.78 is 16.9. The minimum atomic E-state index is -1.23. The number of nitrogens with one attached hydrogen (secondary N) is 3. The predicted molar refractivity (Wildman–Crippen MR) is 164 cm³/mol. The normalized spacial score (nSPS) is 22.2. The average molecular weight is 607 g/mol. The highest BCUT2D eigenvalue weighted by molar-refractivity contribution is 7.80. The number of aliphatic hydroxyl groups is 3. The van der Waals surface area contributed by atoms with E-state index in [9.17, 15) is 20.1 Å². The van der Waals surface area contributed by atoms with Gasteiger partial charge in [-0.3, -0.25) is 4.79 Å². The highest BCUT2D eigenvalue weighted by Crippen LogP contribution is 2.31. The highest BCUT2D eigenvalue weighted by Gasteiger charge is 2.44. The molecule has 224 valence electrons. The lowest BCUT2D eigenvalue weighted by Gasteiger charge is -2.42. The second kappa shape index (κ2) is 17.5. The first-order chi connectivity index (χ1) is 19.8. The van der Waals surface area contributed by atoms with Crippen molar-refractivity contribution < 1.29 is 34.3 Å². The maximum absolute atomic E-state index is 11.5. The van der Waals surface area contributed by atoms with Crippen LogP contribution in [0.4, 0.5) is 11.4 Å². The van der Waals surface area contributed by atoms with E-state index in [2.05, 4.69) is 26.1 Å². The van der Waals surface area contributed by atoms with Gasteiger partial charge in [0.25, 0.3) is 0 Å². The maximum atomic E-state index is 11.5. The number of fused-ring (bicyclic) bond motifs is 1. The Labute approximate surface area is 250 Å². The number of hydrogen-bond donors (Lipinski definition) is 6. The molecule has 1 saturated carbocycles. The number of nitrogens with zero attached hydrogens (tertiary/aromatic N) is 1. The summed E-state index contributed by atoms with van der Waals surface area (Å²) in [5.74, 6) is -0.869. The fourth-order valence-electron chi connectivity index (χ4n) is 4.72. The number of carbonyl (C=O) groups is 1. The molecule has 0 heterocycles. The number of benzene rings is 2. The molecule has 0 aliphatic heterocycles. The summed E-state index contributed by atoms with van der Waals surface area (Å²) in [5.41, 5.74) is 1.65. The molecular weight excluding hydrogens is 568 g/mol. The second-order valence-corrected chi connectivity index (χ2v) is 10.3. The number of isothiocyanates is 1. The smallest absolute Gasteiger partial charge is 0.217 e. The first-order valence-corrected chi connectivity index (χ1v) is 14.3. The molecule has 1 amide bonds. The summed E-state index contributed by atoms with van der Waals surface area (Å²) >= 11 is 10.2. The largest absolute Gasteiger partial charge is 0.396 e. The van der Waals surface area contributed by atoms with Gasteiger partial charge in [0.1, 0.15) is 6.10 Å². The van der Waals surface area contributed by atoms with Gasteiger partial charge in [-0.25, -0.2) is 0 Å². The number of hydrogen-bond acceptors (Lipinski definition) is 11. The molecule has 0 radical (unpaired) electrons. The molecule has 13 heteroatoms. The van der Waals surface area contributed by atoms with Crippen LogP contribution in [0.2, 0.25) is 0 Å². The zero-order chi connectivity index (χ0) is 29.6. The van der Waals surface area contributed by atoms with E-state index < -0.39 is 30.3 Å². The Morgan fingerprint density at radius 3 is 2.46 bits per heavy atom. The topological polar surface area (TPSA) is 154 Å². The molecule has 3 rings (SSSR count). The third-order valence-corrected chi connectivity index (χ3v) is 7.06. The number of anilines is 1. The second-order valence-electron chi connectivity index (χ2n) is 9.63. The third kappa shape index (κ3) is 10.1. The van der Waals surface area contributed by atoms with Crippen molar-refractivity contribution in [3.05, 3.63) is 36.4 Å². The summed E-state index contributed by atoms with van der Waals surface area (Å²) in [5, 5.41) is 43.5. The zero-order valence-corrected chi connectivity index (χ0v) is 24.6. The zero-order valence-electron chi connectivity index (χ0n) is 23.0. The van der Waals surface area contributed by atoms with Crippen LogP contribution >= 0.6 is 24.4 Å². The Hall–Kier alpha value is -2.42. The SMILES string of the molecule is CC(=O)NC1[C@@H](O)C(O)C(CO)C[C@H]1OCCOCCOCCNCC(=S)Nc1ccc(N=C=S)c2ccccc12. The van der Waals surface area contributed by atoms with Crippen molar-refractivity contribution in [2.75, 3.05) is 58.0 Å². The first kappa shape index (κ1) is 33.1. The van der Waals surface area contributed by atoms with Gasteiger partial charge in [-0.05, 0) is 30.8 Å². The molecule has 3 unspecified atom stereocenters. The molecular formula is C28H38N4O7S2. The minimum absolute atomic E-state index is 0.228. The molecule has 0 spiro atoms. The molecule has 2 aromatic rings. The number of carbonyl (C=O) groups excluding carboxylic acids is 1. The molecule has 0 bridgehead atoms. The van der Waals surface area contributed by atoms with Gasteiger partial charge in [0.15, 0.2) is 0 Å². The van der Waals surface area contributed by atoms with Gasteiger partial charge in [-0.2, -0.15) is 4.99 Å². The molecule has 1 aliphatic rings. The number of rotatable bonds is 16. The van der Waals surface area contributed by atoms with E-state index in [1.54, 1.807) is 0 Å². The molecule has 6 N–H and O–H groups in total. The fraction of sp³-hybridized carbons (Fsp3) is 0.536. The van der Waals surface area contributed by atoms with Crippen molar-refractivity contribution >= 4 is 62.6 Å². The monoisotopic (exact) mass is 606 g/mol. The quantitative estimate of drug-likeness (QED) is 0.0938. The van der Waals surface area contributed by atoms with Gasteiger partial charge in [0, 0.05) is 49.0 Å². The van der Waals surface area contributed by atoms with E-state index in [0.717, 1.165) is 22.1 Å². The number of thiocarbonyl (C=S) groups is 2. The van der Waals surface area contributed by atoms with Crippen LogP contribution in [0, 0.1) is 5.92 Å². The Bertz CT molecular complexity index is 1200. The van der Waals surface area contributed by atoms with Crippen LogP contribution in [0.15, 0.2) is 41.4 Å². The molecule has 41 heavy (non-hydrogen) atoms. The number of ether oxygens (including phenoxy) is 3. The van der Waals surface area contributed by atoms with Gasteiger partial charge in [0.2, 0.25) is 5.91 Å². The Morgan fingerprint density at radius 1 is 1.05 bits per heavy atom. The van der Waals surface area contributed by atoms with Crippen LogP contribution < -0.4 is 16.0 Å². The van der Waals surface area contributed by atoms with Crippen LogP contribution in [0.1, 0.15) is 13.3 Å². The molecule has 0 saturated heterocycles. The van der Waals surface area contributed by atoms with E-state index in [1.165, 1.54) is 6.92 Å². The Morgan fingerprint density at radius 2 is 1.76 bits per heavy atom. The van der Waals surface area contributed by atoms with Crippen molar-refractivity contribution in [3.63, 3.8) is 0 Å². The molecule has 0 aromatic heterocycles. The summed E-state index contributed by atoms with van der Waals surface area (Å²) in [4.78, 5) is 16.3. The Balaban J connectivity index is 1.26. The van der Waals surface area contributed by atoms with E-state index in [1.807, 2.05) is 36.4 Å². The number of aliphatic hydroxyl groups excluding tert-OH is 3. The lowest BCUT2D eigenvalue weighted by molar-refractivity contribution is -0.145. The van der Waals surface area contributed by atoms with Crippen molar-refractivity contribution in [3.8, 4) is 0 Å². The number of amides is 1. The van der Waals surface area contributed by atoms with Gasteiger partial charge in [-0.15, -0.1) is 0 Å². The third-order valence-electron chi connectivity index (χ3n) is 6.72. The molecule has 5 atom stereocenters. The molecule has 2 aromatic carbocycles. The average Bonchev–Trinajstić information content (AvgIpc) is 2.96. The van der Waals surface area contributed by atoms with Crippen LogP contribution in [0.5, 0.6) is 0 Å². The lowest BCUT2D eigenvalue weighted by atomic mass is 9.79. The summed E-state index contributed by atoms with van der Waals surface area (Å²) in [6.07, 6.45) is -2.61.